The van der Waals surface area contributed by atoms with E-state index in [-0.39, 0.29) is 18.5 Å². The maximum atomic E-state index is 12.4. The van der Waals surface area contributed by atoms with Gasteiger partial charge in [-0.1, -0.05) is 267 Å². The van der Waals surface area contributed by atoms with Crippen molar-refractivity contribution in [3.8, 4) is 0 Å². The predicted octanol–water partition coefficient (Wildman–Crippen LogP) is 19.5. The molecule has 0 aliphatic carbocycles. The molecule has 0 aliphatic heterocycles. The molecular weight excluding hydrogens is 875 g/mol. The van der Waals surface area contributed by atoms with E-state index in [0.29, 0.717) is 19.4 Å². The highest BCUT2D eigenvalue weighted by atomic mass is 16.5. The zero-order valence-corrected chi connectivity index (χ0v) is 47.2. The van der Waals surface area contributed by atoms with Crippen molar-refractivity contribution < 1.29 is 24.5 Å². The van der Waals surface area contributed by atoms with E-state index in [1.54, 1.807) is 6.08 Å². The number of ether oxygens (including phenoxy) is 1. The number of esters is 1. The lowest BCUT2D eigenvalue weighted by atomic mass is 10.0. The Balaban J connectivity index is 3.41. The summed E-state index contributed by atoms with van der Waals surface area (Å²) >= 11 is 0. The molecule has 0 radical (unpaired) electrons. The van der Waals surface area contributed by atoms with Crippen LogP contribution in [0, 0.1) is 0 Å². The summed E-state index contributed by atoms with van der Waals surface area (Å²) < 4.78 is 5.49. The normalized spacial score (nSPS) is 13.0. The van der Waals surface area contributed by atoms with E-state index in [1.165, 1.54) is 231 Å². The molecular formula is C65H119NO5. The summed E-state index contributed by atoms with van der Waals surface area (Å²) in [5, 5.41) is 22.9. The number of carbonyl (C=O) groups excluding carboxylic acids is 2. The van der Waals surface area contributed by atoms with Gasteiger partial charge in [-0.2, -0.15) is 0 Å². The second-order valence-corrected chi connectivity index (χ2v) is 21.0. The molecule has 0 aromatic heterocycles. The summed E-state index contributed by atoms with van der Waals surface area (Å²) in [5.74, 6) is -0.0723. The summed E-state index contributed by atoms with van der Waals surface area (Å²) in [7, 11) is 0. The van der Waals surface area contributed by atoms with Crippen LogP contribution in [0.25, 0.3) is 0 Å². The number of carbonyl (C=O) groups is 2. The van der Waals surface area contributed by atoms with Crippen LogP contribution in [0.3, 0.4) is 0 Å². The van der Waals surface area contributed by atoms with E-state index in [2.05, 4.69) is 67.8 Å². The fourth-order valence-corrected chi connectivity index (χ4v) is 9.22. The highest BCUT2D eigenvalue weighted by Gasteiger charge is 2.18. The molecule has 0 rings (SSSR count). The molecule has 0 fully saturated rings. The predicted molar refractivity (Wildman–Crippen MR) is 310 cm³/mol. The maximum Gasteiger partial charge on any atom is 0.305 e. The monoisotopic (exact) mass is 994 g/mol. The Kier molecular flexibility index (Phi) is 58.1. The molecule has 0 aromatic carbocycles. The van der Waals surface area contributed by atoms with Crippen LogP contribution < -0.4 is 5.32 Å². The largest absolute Gasteiger partial charge is 0.466 e. The van der Waals surface area contributed by atoms with E-state index in [9.17, 15) is 19.8 Å². The first-order valence-electron chi connectivity index (χ1n) is 31.1. The summed E-state index contributed by atoms with van der Waals surface area (Å²) in [4.78, 5) is 24.5. The van der Waals surface area contributed by atoms with Gasteiger partial charge in [-0.05, 0) is 96.3 Å². The van der Waals surface area contributed by atoms with Crippen LogP contribution in [-0.2, 0) is 14.3 Å². The molecule has 1 amide bonds. The van der Waals surface area contributed by atoms with E-state index >= 15 is 0 Å². The van der Waals surface area contributed by atoms with Gasteiger partial charge in [0.1, 0.15) is 0 Å². The van der Waals surface area contributed by atoms with Gasteiger partial charge in [-0.15, -0.1) is 0 Å². The van der Waals surface area contributed by atoms with Crippen LogP contribution in [0.1, 0.15) is 316 Å². The summed E-state index contributed by atoms with van der Waals surface area (Å²) in [5.41, 5.74) is 0. The molecule has 0 heterocycles. The van der Waals surface area contributed by atoms with Crippen molar-refractivity contribution in [2.24, 2.45) is 0 Å². The van der Waals surface area contributed by atoms with Crippen molar-refractivity contribution in [1.82, 2.24) is 5.32 Å². The fraction of sp³-hybridized carbons (Fsp3) is 0.815. The van der Waals surface area contributed by atoms with Crippen molar-refractivity contribution in [2.75, 3.05) is 13.2 Å². The van der Waals surface area contributed by atoms with Crippen LogP contribution in [-0.4, -0.2) is 47.4 Å². The third kappa shape index (κ3) is 56.7. The van der Waals surface area contributed by atoms with Crippen molar-refractivity contribution in [1.29, 1.82) is 0 Å². The molecule has 0 aliphatic rings. The Labute approximate surface area is 441 Å². The Morgan fingerprint density at radius 2 is 0.704 bits per heavy atom. The van der Waals surface area contributed by atoms with Crippen LogP contribution in [0.4, 0.5) is 0 Å². The molecule has 71 heavy (non-hydrogen) atoms. The number of unbranched alkanes of at least 4 members (excludes halogenated alkanes) is 38. The number of rotatable bonds is 57. The van der Waals surface area contributed by atoms with Gasteiger partial charge in [0, 0.05) is 12.8 Å². The highest BCUT2D eigenvalue weighted by molar-refractivity contribution is 5.76. The fourth-order valence-electron chi connectivity index (χ4n) is 9.22. The standard InChI is InChI=1S/C65H119NO5/c1-3-5-7-9-11-13-14-15-16-17-30-33-36-39-43-47-51-55-59-65(70)71-60-56-52-48-44-40-37-34-31-28-26-24-22-20-18-19-21-23-25-27-29-32-35-38-42-46-50-54-58-64(69)66-62(61-67)63(68)57-53-49-45-41-12-10-8-6-4-2/h13-14,16-19,22,24,53,57,62-63,67-68H,3-12,15,20-21,23,25-52,54-56,58-61H2,1-2H3,(H,66,69)/b14-13-,17-16-,19-18-,24-22-,57-53+. The average molecular weight is 995 g/mol. The lowest BCUT2D eigenvalue weighted by Gasteiger charge is -2.20. The number of aliphatic hydroxyl groups is 2. The summed E-state index contributed by atoms with van der Waals surface area (Å²) in [6.07, 6.45) is 78.5. The molecule has 414 valence electrons. The van der Waals surface area contributed by atoms with E-state index in [4.69, 9.17) is 4.74 Å². The van der Waals surface area contributed by atoms with Crippen molar-refractivity contribution in [2.45, 2.75) is 328 Å². The Morgan fingerprint density at radius 3 is 1.08 bits per heavy atom. The molecule has 2 unspecified atom stereocenters. The van der Waals surface area contributed by atoms with Crippen molar-refractivity contribution >= 4 is 11.9 Å². The zero-order valence-electron chi connectivity index (χ0n) is 47.2. The average Bonchev–Trinajstić information content (AvgIpc) is 3.37. The summed E-state index contributed by atoms with van der Waals surface area (Å²) in [6, 6.07) is -0.629. The van der Waals surface area contributed by atoms with Gasteiger partial charge < -0.3 is 20.3 Å². The second-order valence-electron chi connectivity index (χ2n) is 21.0. The minimum atomic E-state index is -0.845. The number of hydrogen-bond donors (Lipinski definition) is 3. The van der Waals surface area contributed by atoms with Crippen LogP contribution in [0.2, 0.25) is 0 Å². The Bertz CT molecular complexity index is 1240. The number of amides is 1. The van der Waals surface area contributed by atoms with Gasteiger partial charge in [0.05, 0.1) is 25.4 Å². The van der Waals surface area contributed by atoms with Gasteiger partial charge in [-0.3, -0.25) is 9.59 Å². The van der Waals surface area contributed by atoms with Crippen molar-refractivity contribution in [3.05, 3.63) is 60.8 Å². The maximum absolute atomic E-state index is 12.4. The molecule has 6 nitrogen and oxygen atoms in total. The molecule has 6 heteroatoms. The van der Waals surface area contributed by atoms with Crippen LogP contribution in [0.15, 0.2) is 60.8 Å². The molecule has 0 saturated carbocycles. The van der Waals surface area contributed by atoms with E-state index < -0.39 is 12.1 Å². The minimum Gasteiger partial charge on any atom is -0.466 e. The molecule has 0 saturated heterocycles. The number of nitrogens with one attached hydrogen (secondary N) is 1. The molecule has 0 bridgehead atoms. The topological polar surface area (TPSA) is 95.9 Å². The molecule has 3 N–H and O–H groups in total. The lowest BCUT2D eigenvalue weighted by Crippen LogP contribution is -2.45. The van der Waals surface area contributed by atoms with Gasteiger partial charge in [0.15, 0.2) is 0 Å². The molecule has 2 atom stereocenters. The third-order valence-corrected chi connectivity index (χ3v) is 14.0. The first kappa shape index (κ1) is 68.6. The highest BCUT2D eigenvalue weighted by Crippen LogP contribution is 2.16. The minimum absolute atomic E-state index is 0.00218. The number of aliphatic hydroxyl groups excluding tert-OH is 2. The number of allylic oxidation sites excluding steroid dienone is 9. The Morgan fingerprint density at radius 1 is 0.394 bits per heavy atom. The quantitative estimate of drug-likeness (QED) is 0.0321. The third-order valence-electron chi connectivity index (χ3n) is 14.0. The second kappa shape index (κ2) is 60.1. The van der Waals surface area contributed by atoms with Gasteiger partial charge in [0.2, 0.25) is 5.91 Å². The number of hydrogen-bond acceptors (Lipinski definition) is 5. The Hall–Kier alpha value is -2.44. The van der Waals surface area contributed by atoms with E-state index in [0.717, 1.165) is 57.8 Å². The first-order chi connectivity index (χ1) is 35.0. The SMILES string of the molecule is CCCCCC/C=C\C/C=C\CCCCCCCCCC(=O)OCCCCCCCCCCC/C=C\C/C=C\CCCCCCCCCCCCCC(=O)NC(CO)C(O)/C=C/CCCCCCCCC. The van der Waals surface area contributed by atoms with Crippen molar-refractivity contribution in [3.63, 3.8) is 0 Å². The molecule has 0 spiro atoms. The van der Waals surface area contributed by atoms with Gasteiger partial charge in [-0.25, -0.2) is 0 Å². The molecule has 0 aromatic rings. The van der Waals surface area contributed by atoms with Gasteiger partial charge >= 0.3 is 5.97 Å². The summed E-state index contributed by atoms with van der Waals surface area (Å²) in [6.45, 7) is 4.85. The van der Waals surface area contributed by atoms with Crippen LogP contribution >= 0.6 is 0 Å². The lowest BCUT2D eigenvalue weighted by molar-refractivity contribution is -0.143. The zero-order chi connectivity index (χ0) is 51.4. The van der Waals surface area contributed by atoms with Gasteiger partial charge in [0.25, 0.3) is 0 Å². The van der Waals surface area contributed by atoms with Crippen LogP contribution in [0.5, 0.6) is 0 Å². The smallest absolute Gasteiger partial charge is 0.305 e. The first-order valence-corrected chi connectivity index (χ1v) is 31.1. The van der Waals surface area contributed by atoms with E-state index in [1.807, 2.05) is 6.08 Å².